The second-order valence-corrected chi connectivity index (χ2v) is 11.6. The Bertz CT molecular complexity index is 1220. The molecule has 0 radical (unpaired) electrons. The average molecular weight is 560 g/mol. The van der Waals surface area contributed by atoms with Crippen molar-refractivity contribution in [1.82, 2.24) is 4.98 Å². The van der Waals surface area contributed by atoms with Crippen molar-refractivity contribution in [2.75, 3.05) is 22.4 Å². The van der Waals surface area contributed by atoms with E-state index in [2.05, 4.69) is 15.0 Å². The van der Waals surface area contributed by atoms with Gasteiger partial charge in [-0.2, -0.15) is 0 Å². The molecule has 1 unspecified atom stereocenters. The predicted octanol–water partition coefficient (Wildman–Crippen LogP) is 5.32. The molecule has 210 valence electrons. The number of hydrogen-bond donors (Lipinski definition) is 3. The first-order chi connectivity index (χ1) is 18.4. The molecule has 2 aliphatic rings. The van der Waals surface area contributed by atoms with Gasteiger partial charge in [0.05, 0.1) is 22.5 Å². The molecule has 3 N–H and O–H groups in total. The number of halogens is 2. The molecule has 0 aliphatic carbocycles. The van der Waals surface area contributed by atoms with Crippen molar-refractivity contribution in [2.45, 2.75) is 77.7 Å². The van der Waals surface area contributed by atoms with Crippen LogP contribution in [0, 0.1) is 17.0 Å². The van der Waals surface area contributed by atoms with Crippen LogP contribution in [0.4, 0.5) is 20.3 Å². The van der Waals surface area contributed by atoms with E-state index in [-0.39, 0.29) is 23.3 Å². The molecule has 3 heterocycles. The van der Waals surface area contributed by atoms with E-state index in [9.17, 15) is 9.18 Å². The number of anilines is 2. The van der Waals surface area contributed by atoms with Crippen LogP contribution in [0.3, 0.4) is 0 Å². The normalized spacial score (nSPS) is 20.1. The summed E-state index contributed by atoms with van der Waals surface area (Å²) in [4.78, 5) is 17.9. The van der Waals surface area contributed by atoms with E-state index in [4.69, 9.17) is 19.5 Å². The molecule has 4 rings (SSSR count). The Morgan fingerprint density at radius 1 is 1.21 bits per heavy atom. The summed E-state index contributed by atoms with van der Waals surface area (Å²) in [6.07, 6.45) is 4.63. The van der Waals surface area contributed by atoms with Gasteiger partial charge in [-0.05, 0) is 71.6 Å². The van der Waals surface area contributed by atoms with Gasteiger partial charge in [0.2, 0.25) is 5.78 Å². The fourth-order valence-electron chi connectivity index (χ4n) is 4.22. The number of ether oxygens (including phenoxy) is 1. The van der Waals surface area contributed by atoms with Crippen molar-refractivity contribution in [1.29, 1.82) is 5.41 Å². The summed E-state index contributed by atoms with van der Waals surface area (Å²) in [5.74, 6) is -2.29. The lowest BCUT2D eigenvalue weighted by molar-refractivity contribution is 0.00578. The fraction of sp³-hybridized carbons (Fsp3) is 0.519. The lowest BCUT2D eigenvalue weighted by Gasteiger charge is -2.32. The van der Waals surface area contributed by atoms with Gasteiger partial charge in [0.25, 0.3) is 0 Å². The molecule has 1 aromatic carbocycles. The summed E-state index contributed by atoms with van der Waals surface area (Å²) in [7, 11) is -0.805. The van der Waals surface area contributed by atoms with Gasteiger partial charge in [-0.3, -0.25) is 10.2 Å². The highest BCUT2D eigenvalue weighted by Crippen LogP contribution is 2.36. The molecule has 2 saturated heterocycles. The van der Waals surface area contributed by atoms with E-state index in [1.807, 2.05) is 34.6 Å². The monoisotopic (exact) mass is 560 g/mol. The minimum Gasteiger partial charge on any atom is -0.399 e. The highest BCUT2D eigenvalue weighted by atomic mass is 32.2. The largest absolute Gasteiger partial charge is 0.496 e. The third-order valence-electron chi connectivity index (χ3n) is 7.21. The van der Waals surface area contributed by atoms with Crippen LogP contribution in [0.15, 0.2) is 24.4 Å². The number of hydrogen-bond acceptors (Lipinski definition) is 9. The number of carbonyl (C=O) groups is 1. The molecule has 12 heteroatoms. The third-order valence-corrected chi connectivity index (χ3v) is 8.19. The lowest BCUT2D eigenvalue weighted by Crippen LogP contribution is -2.41. The number of ketones is 1. The van der Waals surface area contributed by atoms with Crippen LogP contribution in [-0.2, 0) is 14.0 Å². The SMILES string of the molecule is CCCSNc1ccc(F)c(C(=O)C(=N)c2cc(B3OC(C)(C)C(C)(C)O3)cnc2NC2CCCCO2)c1F. The molecule has 1 atom stereocenters. The first kappa shape index (κ1) is 29.4. The second kappa shape index (κ2) is 11.9. The summed E-state index contributed by atoms with van der Waals surface area (Å²) in [5.41, 5.74) is -2.14. The molecule has 8 nitrogen and oxygen atoms in total. The number of rotatable bonds is 10. The average Bonchev–Trinajstić information content (AvgIpc) is 3.12. The summed E-state index contributed by atoms with van der Waals surface area (Å²) < 4.78 is 51.0. The van der Waals surface area contributed by atoms with Crippen molar-refractivity contribution >= 4 is 47.5 Å². The first-order valence-corrected chi connectivity index (χ1v) is 14.2. The molecule has 2 aliphatic heterocycles. The molecule has 0 saturated carbocycles. The van der Waals surface area contributed by atoms with Gasteiger partial charge in [0.1, 0.15) is 23.6 Å². The summed E-state index contributed by atoms with van der Waals surface area (Å²) in [6, 6.07) is 3.81. The van der Waals surface area contributed by atoms with Gasteiger partial charge in [-0.1, -0.05) is 18.9 Å². The van der Waals surface area contributed by atoms with Crippen molar-refractivity contribution in [3.8, 4) is 0 Å². The van der Waals surface area contributed by atoms with Gasteiger partial charge in [-0.25, -0.2) is 13.8 Å². The number of aromatic nitrogens is 1. The number of benzene rings is 1. The number of pyridine rings is 1. The van der Waals surface area contributed by atoms with Crippen LogP contribution < -0.4 is 15.5 Å². The number of nitrogens with one attached hydrogen (secondary N) is 3. The Balaban J connectivity index is 1.70. The van der Waals surface area contributed by atoms with Crippen LogP contribution in [0.1, 0.15) is 76.2 Å². The smallest absolute Gasteiger partial charge is 0.399 e. The summed E-state index contributed by atoms with van der Waals surface area (Å²) >= 11 is 1.25. The van der Waals surface area contributed by atoms with Crippen LogP contribution in [0.5, 0.6) is 0 Å². The Morgan fingerprint density at radius 3 is 2.56 bits per heavy atom. The Labute approximate surface area is 232 Å². The van der Waals surface area contributed by atoms with Crippen molar-refractivity contribution < 1.29 is 27.6 Å². The predicted molar refractivity (Wildman–Crippen MR) is 151 cm³/mol. The summed E-state index contributed by atoms with van der Waals surface area (Å²) in [6.45, 7) is 10.2. The lowest BCUT2D eigenvalue weighted by atomic mass is 9.79. The standard InChI is InChI=1S/C27H35BF2N4O4S/c1-6-13-39-34-19-11-10-18(29)21(22(19)30)24(35)23(31)17-14-16(28-37-26(2,3)27(4,5)38-28)15-32-25(17)33-20-9-7-8-12-36-20/h10-11,14-15,20,31,34H,6-9,12-13H2,1-5H3,(H,32,33). The molecule has 2 aromatic rings. The van der Waals surface area contributed by atoms with Crippen LogP contribution in [0.25, 0.3) is 0 Å². The van der Waals surface area contributed by atoms with Gasteiger partial charge >= 0.3 is 7.12 Å². The van der Waals surface area contributed by atoms with E-state index in [1.165, 1.54) is 18.0 Å². The Kier molecular flexibility index (Phi) is 9.00. The van der Waals surface area contributed by atoms with Gasteiger partial charge in [-0.15, -0.1) is 0 Å². The van der Waals surface area contributed by atoms with E-state index >= 15 is 4.39 Å². The van der Waals surface area contributed by atoms with Gasteiger partial charge in [0, 0.05) is 29.6 Å². The highest BCUT2D eigenvalue weighted by molar-refractivity contribution is 8.00. The Hall–Kier alpha value is -2.54. The van der Waals surface area contributed by atoms with Crippen molar-refractivity contribution in [3.05, 3.63) is 47.2 Å². The molecular weight excluding hydrogens is 525 g/mol. The van der Waals surface area contributed by atoms with Crippen LogP contribution in [-0.4, -0.2) is 53.4 Å². The zero-order valence-electron chi connectivity index (χ0n) is 23.0. The van der Waals surface area contributed by atoms with Crippen LogP contribution in [0.2, 0.25) is 0 Å². The maximum absolute atomic E-state index is 15.3. The quantitative estimate of drug-likeness (QED) is 0.118. The molecular formula is C27H35BF2N4O4S. The van der Waals surface area contributed by atoms with E-state index in [0.29, 0.717) is 24.2 Å². The topological polar surface area (TPSA) is 106 Å². The molecule has 39 heavy (non-hydrogen) atoms. The van der Waals surface area contributed by atoms with Gasteiger partial charge < -0.3 is 24.1 Å². The molecule has 1 aromatic heterocycles. The Morgan fingerprint density at radius 2 is 1.92 bits per heavy atom. The second-order valence-electron chi connectivity index (χ2n) is 10.7. The maximum atomic E-state index is 15.3. The van der Waals surface area contributed by atoms with Crippen molar-refractivity contribution in [3.63, 3.8) is 0 Å². The molecule has 0 bridgehead atoms. The minimum absolute atomic E-state index is 0.0240. The van der Waals surface area contributed by atoms with E-state index in [1.54, 1.807) is 12.3 Å². The first-order valence-electron chi connectivity index (χ1n) is 13.2. The molecule has 2 fully saturated rings. The zero-order chi connectivity index (χ0) is 28.4. The number of nitrogens with zero attached hydrogens (tertiary/aromatic N) is 1. The number of Topliss-reactive ketones (excluding diaryl/α,β-unsaturated/α-hetero) is 1. The van der Waals surface area contributed by atoms with Gasteiger partial charge in [0.15, 0.2) is 5.82 Å². The zero-order valence-corrected chi connectivity index (χ0v) is 23.8. The highest BCUT2D eigenvalue weighted by Gasteiger charge is 2.52. The number of carbonyl (C=O) groups excluding carboxylic acids is 1. The fourth-order valence-corrected chi connectivity index (χ4v) is 4.84. The van der Waals surface area contributed by atoms with Crippen molar-refractivity contribution in [2.24, 2.45) is 0 Å². The van der Waals surface area contributed by atoms with E-state index in [0.717, 1.165) is 25.3 Å². The summed E-state index contributed by atoms with van der Waals surface area (Å²) in [5, 5.41) is 11.9. The maximum Gasteiger partial charge on any atom is 0.496 e. The van der Waals surface area contributed by atoms with Crippen LogP contribution >= 0.6 is 11.9 Å². The molecule has 0 spiro atoms. The molecule has 0 amide bonds. The minimum atomic E-state index is -1.10. The third kappa shape index (κ3) is 6.29. The van der Waals surface area contributed by atoms with E-state index < -0.39 is 47.0 Å².